The van der Waals surface area contributed by atoms with E-state index < -0.39 is 48.3 Å². The Morgan fingerprint density at radius 1 is 0.971 bits per heavy atom. The van der Waals surface area contributed by atoms with Gasteiger partial charge in [-0.25, -0.2) is 9.69 Å². The molecule has 0 bridgehead atoms. The van der Waals surface area contributed by atoms with Crippen LogP contribution < -0.4 is 9.64 Å². The third kappa shape index (κ3) is 6.02. The number of ether oxygens (including phenoxy) is 2. The number of alkyl halides is 3. The number of methoxy groups -OCH3 is 1. The highest BCUT2D eigenvalue weighted by Crippen LogP contribution is 2.41. The van der Waals surface area contributed by atoms with Gasteiger partial charge in [-0.05, 0) is 63.2 Å². The summed E-state index contributed by atoms with van der Waals surface area (Å²) in [7, 11) is 1.50. The average molecular weight is 497 g/mol. The number of hydrogen-bond donors (Lipinski definition) is 0. The minimum atomic E-state index is -4.68. The largest absolute Gasteiger partial charge is 0.497 e. The molecule has 7 nitrogen and oxygen atoms in total. The highest BCUT2D eigenvalue weighted by molar-refractivity contribution is 7.99. The van der Waals surface area contributed by atoms with Crippen LogP contribution in [-0.4, -0.2) is 48.6 Å². The fraction of sp³-hybridized carbons (Fsp3) is 0.348. The van der Waals surface area contributed by atoms with Crippen molar-refractivity contribution < 1.29 is 37.0 Å². The Hall–Kier alpha value is -3.21. The predicted molar refractivity (Wildman–Crippen MR) is 119 cm³/mol. The Bertz CT molecular complexity index is 1080. The molecule has 0 aromatic heterocycles. The molecule has 1 fully saturated rings. The Kier molecular flexibility index (Phi) is 7.15. The summed E-state index contributed by atoms with van der Waals surface area (Å²) in [6.45, 7) is 3.88. The van der Waals surface area contributed by atoms with E-state index in [0.29, 0.717) is 15.5 Å². The maximum Gasteiger partial charge on any atom is 0.416 e. The average Bonchev–Trinajstić information content (AvgIpc) is 2.72. The number of hydrogen-bond acceptors (Lipinski definition) is 6. The number of benzene rings is 2. The Morgan fingerprint density at radius 2 is 1.56 bits per heavy atom. The lowest BCUT2D eigenvalue weighted by Gasteiger charge is -2.34. The van der Waals surface area contributed by atoms with Crippen LogP contribution in [0, 0.1) is 0 Å². The van der Waals surface area contributed by atoms with Gasteiger partial charge in [0.05, 0.1) is 18.4 Å². The van der Waals surface area contributed by atoms with Gasteiger partial charge in [0, 0.05) is 9.79 Å². The van der Waals surface area contributed by atoms with E-state index in [-0.39, 0.29) is 10.6 Å². The summed E-state index contributed by atoms with van der Waals surface area (Å²) in [6.07, 6.45) is -5.53. The molecule has 34 heavy (non-hydrogen) atoms. The van der Waals surface area contributed by atoms with Crippen LogP contribution in [0.1, 0.15) is 26.3 Å². The number of imide groups is 1. The number of anilines is 1. The van der Waals surface area contributed by atoms with Gasteiger partial charge < -0.3 is 9.47 Å². The summed E-state index contributed by atoms with van der Waals surface area (Å²) in [6, 6.07) is 9.65. The molecule has 0 aliphatic carbocycles. The fourth-order valence-electron chi connectivity index (χ4n) is 3.11. The van der Waals surface area contributed by atoms with Crippen molar-refractivity contribution in [3.05, 3.63) is 48.0 Å². The lowest BCUT2D eigenvalue weighted by atomic mass is 10.1. The number of nitrogens with zero attached hydrogens (tertiary/aromatic N) is 2. The molecule has 0 saturated carbocycles. The highest BCUT2D eigenvalue weighted by Gasteiger charge is 2.39. The second kappa shape index (κ2) is 9.57. The second-order valence-electron chi connectivity index (χ2n) is 8.42. The smallest absolute Gasteiger partial charge is 0.416 e. The van der Waals surface area contributed by atoms with Crippen LogP contribution in [0.2, 0.25) is 0 Å². The minimum Gasteiger partial charge on any atom is -0.497 e. The predicted octanol–water partition coefficient (Wildman–Crippen LogP) is 4.98. The number of carbonyl (C=O) groups is 3. The number of rotatable bonds is 4. The van der Waals surface area contributed by atoms with E-state index in [4.69, 9.17) is 9.47 Å². The molecule has 3 rings (SSSR count). The number of carbonyl (C=O) groups excluding carboxylic acids is 3. The zero-order valence-electron chi connectivity index (χ0n) is 18.9. The van der Waals surface area contributed by atoms with Gasteiger partial charge in [0.2, 0.25) is 0 Å². The van der Waals surface area contributed by atoms with E-state index in [0.717, 1.165) is 28.8 Å². The van der Waals surface area contributed by atoms with Gasteiger partial charge in [-0.3, -0.25) is 14.5 Å². The summed E-state index contributed by atoms with van der Waals surface area (Å²) in [5, 5.41) is 0. The van der Waals surface area contributed by atoms with Crippen molar-refractivity contribution >= 4 is 35.4 Å². The number of amides is 3. The summed E-state index contributed by atoms with van der Waals surface area (Å²) in [4.78, 5) is 40.6. The van der Waals surface area contributed by atoms with Crippen molar-refractivity contribution in [2.24, 2.45) is 0 Å². The van der Waals surface area contributed by atoms with Gasteiger partial charge in [0.15, 0.2) is 0 Å². The van der Waals surface area contributed by atoms with Gasteiger partial charge in [-0.15, -0.1) is 0 Å². The van der Waals surface area contributed by atoms with E-state index in [1.54, 1.807) is 45.0 Å². The molecule has 3 amide bonds. The Labute approximate surface area is 198 Å². The quantitative estimate of drug-likeness (QED) is 0.556. The first kappa shape index (κ1) is 25.4. The van der Waals surface area contributed by atoms with Gasteiger partial charge in [0.1, 0.15) is 24.4 Å². The molecule has 1 aliphatic rings. The van der Waals surface area contributed by atoms with Crippen LogP contribution in [0.4, 0.5) is 23.7 Å². The SMILES string of the molecule is COc1ccc(Sc2ccc(C(F)(F)F)cc2N2C(=O)CN(C(=O)OC(C)(C)C)CC2=O)cc1. The van der Waals surface area contributed by atoms with Crippen molar-refractivity contribution in [3.8, 4) is 5.75 Å². The summed E-state index contributed by atoms with van der Waals surface area (Å²) in [5.74, 6) is -1.07. The van der Waals surface area contributed by atoms with E-state index in [9.17, 15) is 27.6 Å². The molecule has 0 atom stereocenters. The fourth-order valence-corrected chi connectivity index (χ4v) is 4.03. The molecule has 2 aromatic rings. The van der Waals surface area contributed by atoms with Gasteiger partial charge in [-0.2, -0.15) is 13.2 Å². The maximum atomic E-state index is 13.4. The molecule has 2 aromatic carbocycles. The Balaban J connectivity index is 1.95. The van der Waals surface area contributed by atoms with Crippen molar-refractivity contribution in [3.63, 3.8) is 0 Å². The first-order valence-corrected chi connectivity index (χ1v) is 11.0. The van der Waals surface area contributed by atoms with Crippen LogP contribution in [-0.2, 0) is 20.5 Å². The van der Waals surface area contributed by atoms with Gasteiger partial charge >= 0.3 is 12.3 Å². The van der Waals surface area contributed by atoms with Crippen LogP contribution in [0.3, 0.4) is 0 Å². The molecule has 182 valence electrons. The van der Waals surface area contributed by atoms with Crippen LogP contribution >= 0.6 is 11.8 Å². The minimum absolute atomic E-state index is 0.200. The van der Waals surface area contributed by atoms with Crippen molar-refractivity contribution in [1.82, 2.24) is 4.90 Å². The van der Waals surface area contributed by atoms with Gasteiger partial charge in [-0.1, -0.05) is 11.8 Å². The standard InChI is InChI=1S/C23H23F3N2O5S/c1-22(2,3)33-21(31)27-12-19(29)28(20(30)13-27)17-11-14(23(24,25)26)5-10-18(17)34-16-8-6-15(32-4)7-9-16/h5-11H,12-13H2,1-4H3. The molecular weight excluding hydrogens is 473 g/mol. The summed E-state index contributed by atoms with van der Waals surface area (Å²) >= 11 is 1.09. The van der Waals surface area contributed by atoms with Crippen LogP contribution in [0.15, 0.2) is 52.3 Å². The second-order valence-corrected chi connectivity index (χ2v) is 9.53. The zero-order chi connectivity index (χ0) is 25.3. The molecule has 0 N–H and O–H groups in total. The third-order valence-electron chi connectivity index (χ3n) is 4.62. The van der Waals surface area contributed by atoms with Crippen molar-refractivity contribution in [2.75, 3.05) is 25.1 Å². The van der Waals surface area contributed by atoms with Crippen molar-refractivity contribution in [2.45, 2.75) is 42.3 Å². The maximum absolute atomic E-state index is 13.4. The zero-order valence-corrected chi connectivity index (χ0v) is 19.7. The summed E-state index contributed by atoms with van der Waals surface area (Å²) < 4.78 is 50.6. The molecule has 1 saturated heterocycles. The van der Waals surface area contributed by atoms with Crippen LogP contribution in [0.25, 0.3) is 0 Å². The highest BCUT2D eigenvalue weighted by atomic mass is 32.2. The lowest BCUT2D eigenvalue weighted by Crippen LogP contribution is -2.56. The van der Waals surface area contributed by atoms with Crippen molar-refractivity contribution in [1.29, 1.82) is 0 Å². The Morgan fingerprint density at radius 3 is 2.06 bits per heavy atom. The topological polar surface area (TPSA) is 76.2 Å². The molecule has 1 aliphatic heterocycles. The monoisotopic (exact) mass is 496 g/mol. The van der Waals surface area contributed by atoms with E-state index in [1.165, 1.54) is 13.2 Å². The van der Waals surface area contributed by atoms with Crippen LogP contribution in [0.5, 0.6) is 5.75 Å². The molecule has 0 spiro atoms. The number of halogens is 3. The third-order valence-corrected chi connectivity index (χ3v) is 5.69. The molecule has 11 heteroatoms. The molecule has 1 heterocycles. The first-order valence-electron chi connectivity index (χ1n) is 10.2. The van der Waals surface area contributed by atoms with E-state index in [2.05, 4.69) is 0 Å². The normalized spacial score (nSPS) is 14.9. The molecular formula is C23H23F3N2O5S. The lowest BCUT2D eigenvalue weighted by molar-refractivity contribution is -0.138. The summed E-state index contributed by atoms with van der Waals surface area (Å²) in [5.41, 5.74) is -2.05. The van der Waals surface area contributed by atoms with E-state index >= 15 is 0 Å². The first-order chi connectivity index (χ1) is 15.8. The van der Waals surface area contributed by atoms with Gasteiger partial charge in [0.25, 0.3) is 11.8 Å². The molecule has 0 unspecified atom stereocenters. The van der Waals surface area contributed by atoms with E-state index in [1.807, 2.05) is 0 Å². The number of piperazine rings is 1. The molecule has 0 radical (unpaired) electrons.